The van der Waals surface area contributed by atoms with Crippen molar-refractivity contribution in [1.82, 2.24) is 10.2 Å². The van der Waals surface area contributed by atoms with Crippen molar-refractivity contribution in [2.75, 3.05) is 20.1 Å². The predicted octanol–water partition coefficient (Wildman–Crippen LogP) is 7.06. The largest absolute Gasteiger partial charge is 0.507 e. The first-order valence-electron chi connectivity index (χ1n) is 13.3. The van der Waals surface area contributed by atoms with Gasteiger partial charge in [-0.1, -0.05) is 92.0 Å². The van der Waals surface area contributed by atoms with Crippen LogP contribution in [0.4, 0.5) is 0 Å². The summed E-state index contributed by atoms with van der Waals surface area (Å²) >= 11 is 0. The molecule has 1 aromatic rings. The van der Waals surface area contributed by atoms with E-state index in [9.17, 15) is 14.7 Å². The molecule has 0 heterocycles. The molecule has 0 saturated heterocycles. The Labute approximate surface area is 223 Å². The number of para-hydroxylation sites is 1. The summed E-state index contributed by atoms with van der Waals surface area (Å²) in [6, 6.07) is 6.44. The van der Waals surface area contributed by atoms with E-state index in [0.717, 1.165) is 38.5 Å². The predicted molar refractivity (Wildman–Crippen MR) is 156 cm³/mol. The molecular weight excluding hydrogens is 460 g/mol. The normalized spacial score (nSPS) is 12.3. The maximum Gasteiger partial charge on any atom is 0.257 e. The molecule has 1 aromatic carbocycles. The van der Waals surface area contributed by atoms with Gasteiger partial charge in [-0.2, -0.15) is 0 Å². The van der Waals surface area contributed by atoms with E-state index < -0.39 is 0 Å². The van der Waals surface area contributed by atoms with E-state index in [1.54, 1.807) is 25.2 Å². The Bertz CT molecular complexity index is 955. The van der Waals surface area contributed by atoms with Crippen LogP contribution in [0.15, 0.2) is 97.2 Å². The first-order valence-corrected chi connectivity index (χ1v) is 13.3. The number of hydrogen-bond acceptors (Lipinski definition) is 3. The van der Waals surface area contributed by atoms with Gasteiger partial charge in [0.2, 0.25) is 5.91 Å². The van der Waals surface area contributed by atoms with Crippen molar-refractivity contribution in [3.05, 3.63) is 103 Å². The molecule has 0 fully saturated rings. The van der Waals surface area contributed by atoms with Gasteiger partial charge in [0.25, 0.3) is 5.91 Å². The van der Waals surface area contributed by atoms with Gasteiger partial charge >= 0.3 is 0 Å². The molecule has 2 N–H and O–H groups in total. The first-order chi connectivity index (χ1) is 18.1. The number of benzene rings is 1. The van der Waals surface area contributed by atoms with Crippen LogP contribution in [0.1, 0.15) is 68.6 Å². The van der Waals surface area contributed by atoms with Crippen LogP contribution in [-0.2, 0) is 4.79 Å². The highest BCUT2D eigenvalue weighted by Crippen LogP contribution is 2.17. The third-order valence-corrected chi connectivity index (χ3v) is 5.39. The molecule has 0 atom stereocenters. The lowest BCUT2D eigenvalue weighted by Gasteiger charge is -2.18. The zero-order chi connectivity index (χ0) is 27.0. The Hall–Kier alpha value is -3.60. The van der Waals surface area contributed by atoms with Crippen molar-refractivity contribution in [3.8, 4) is 5.75 Å². The molecule has 5 heteroatoms. The lowest BCUT2D eigenvalue weighted by molar-refractivity contribution is -0.121. The number of carbonyl (C=O) groups excluding carboxylic acids is 2. The number of likely N-dealkylation sites (N-methyl/N-ethyl adjacent to an activating group) is 1. The lowest BCUT2D eigenvalue weighted by Crippen LogP contribution is -2.36. The van der Waals surface area contributed by atoms with Gasteiger partial charge in [0.1, 0.15) is 5.75 Å². The van der Waals surface area contributed by atoms with Crippen LogP contribution in [0.3, 0.4) is 0 Å². The summed E-state index contributed by atoms with van der Waals surface area (Å²) in [5.74, 6) is -0.354. The summed E-state index contributed by atoms with van der Waals surface area (Å²) in [6.45, 7) is 2.89. The van der Waals surface area contributed by atoms with Crippen molar-refractivity contribution in [1.29, 1.82) is 0 Å². The molecule has 0 aliphatic heterocycles. The molecule has 0 aliphatic rings. The number of rotatable bonds is 18. The Morgan fingerprint density at radius 3 is 1.78 bits per heavy atom. The number of aromatic hydroxyl groups is 1. The van der Waals surface area contributed by atoms with E-state index in [0.29, 0.717) is 25.9 Å². The summed E-state index contributed by atoms with van der Waals surface area (Å²) in [4.78, 5) is 25.8. The number of allylic oxidation sites excluding steroid dienone is 12. The molecule has 1 rings (SSSR count). The quantitative estimate of drug-likeness (QED) is 0.210. The Kier molecular flexibility index (Phi) is 18.4. The molecule has 5 nitrogen and oxygen atoms in total. The molecule has 0 aromatic heterocycles. The molecule has 0 saturated carbocycles. The molecule has 0 radical (unpaired) electrons. The SMILES string of the molecule is CC/C=C\C/C=C\C/C=C\C/C=C\C/C=C\C/C=C\CCC(=O)NCCN(C)C(=O)c1ccccc1O. The average molecular weight is 505 g/mol. The molecule has 0 bridgehead atoms. The smallest absolute Gasteiger partial charge is 0.257 e. The minimum absolute atomic E-state index is 0.0389. The second-order valence-electron chi connectivity index (χ2n) is 8.55. The maximum atomic E-state index is 12.3. The Morgan fingerprint density at radius 1 is 0.784 bits per heavy atom. The number of carbonyl (C=O) groups is 2. The van der Waals surface area contributed by atoms with E-state index in [4.69, 9.17) is 0 Å². The van der Waals surface area contributed by atoms with Gasteiger partial charge in [-0.05, 0) is 57.1 Å². The Balaban J connectivity index is 2.04. The molecule has 0 aliphatic carbocycles. The Morgan fingerprint density at radius 2 is 1.27 bits per heavy atom. The van der Waals surface area contributed by atoms with Gasteiger partial charge in [0, 0.05) is 26.6 Å². The molecular formula is C32H44N2O3. The number of phenols is 1. The van der Waals surface area contributed by atoms with Gasteiger partial charge < -0.3 is 15.3 Å². The fourth-order valence-corrected chi connectivity index (χ4v) is 3.27. The fraction of sp³-hybridized carbons (Fsp3) is 0.375. The van der Waals surface area contributed by atoms with Gasteiger partial charge in [-0.3, -0.25) is 9.59 Å². The van der Waals surface area contributed by atoms with Crippen molar-refractivity contribution in [2.45, 2.75) is 58.3 Å². The molecule has 200 valence electrons. The minimum Gasteiger partial charge on any atom is -0.507 e. The van der Waals surface area contributed by atoms with Crippen molar-refractivity contribution >= 4 is 11.8 Å². The summed E-state index contributed by atoms with van der Waals surface area (Å²) < 4.78 is 0. The van der Waals surface area contributed by atoms with E-state index in [1.807, 2.05) is 6.08 Å². The van der Waals surface area contributed by atoms with Crippen molar-refractivity contribution in [3.63, 3.8) is 0 Å². The van der Waals surface area contributed by atoms with Gasteiger partial charge in [-0.25, -0.2) is 0 Å². The third kappa shape index (κ3) is 16.7. The number of nitrogens with one attached hydrogen (secondary N) is 1. The van der Waals surface area contributed by atoms with E-state index in [-0.39, 0.29) is 23.1 Å². The van der Waals surface area contributed by atoms with Crippen LogP contribution < -0.4 is 5.32 Å². The van der Waals surface area contributed by atoms with Crippen molar-refractivity contribution in [2.24, 2.45) is 0 Å². The highest BCUT2D eigenvalue weighted by molar-refractivity contribution is 5.96. The fourth-order valence-electron chi connectivity index (χ4n) is 3.27. The van der Waals surface area contributed by atoms with Crippen LogP contribution >= 0.6 is 0 Å². The molecule has 37 heavy (non-hydrogen) atoms. The lowest BCUT2D eigenvalue weighted by atomic mass is 10.2. The second kappa shape index (κ2) is 21.7. The number of hydrogen-bond donors (Lipinski definition) is 2. The summed E-state index contributed by atoms with van der Waals surface area (Å²) in [6.07, 6.45) is 32.9. The van der Waals surface area contributed by atoms with Crippen molar-refractivity contribution < 1.29 is 14.7 Å². The maximum absolute atomic E-state index is 12.3. The standard InChI is InChI=1S/C32H44N2O3/c1-3-4-5-6-7-8-9-10-11-12-13-14-15-16-17-18-19-20-21-26-31(36)33-27-28-34(2)32(37)29-24-22-23-25-30(29)35/h4-5,7-8,10-11,13-14,16-17,19-20,22-25,35H,3,6,9,12,15,18,21,26-28H2,1-2H3,(H,33,36)/b5-4-,8-7-,11-10-,14-13-,17-16-,20-19-. The van der Waals surface area contributed by atoms with Gasteiger partial charge in [0.15, 0.2) is 0 Å². The first kappa shape index (κ1) is 31.4. The van der Waals surface area contributed by atoms with Gasteiger partial charge in [0.05, 0.1) is 5.56 Å². The molecule has 2 amide bonds. The van der Waals surface area contributed by atoms with E-state index in [2.05, 4.69) is 79.1 Å². The summed E-state index contributed by atoms with van der Waals surface area (Å²) in [5, 5.41) is 12.6. The van der Waals surface area contributed by atoms with Gasteiger partial charge in [-0.15, -0.1) is 0 Å². The summed E-state index contributed by atoms with van der Waals surface area (Å²) in [7, 11) is 1.65. The zero-order valence-corrected chi connectivity index (χ0v) is 22.5. The minimum atomic E-state index is -0.273. The number of phenolic OH excluding ortho intramolecular Hbond substituents is 1. The molecule has 0 spiro atoms. The van der Waals surface area contributed by atoms with Crippen LogP contribution in [0.5, 0.6) is 5.75 Å². The van der Waals surface area contributed by atoms with E-state index >= 15 is 0 Å². The second-order valence-corrected chi connectivity index (χ2v) is 8.55. The highest BCUT2D eigenvalue weighted by atomic mass is 16.3. The topological polar surface area (TPSA) is 69.6 Å². The third-order valence-electron chi connectivity index (χ3n) is 5.39. The molecule has 0 unspecified atom stereocenters. The van der Waals surface area contributed by atoms with E-state index in [1.165, 1.54) is 11.0 Å². The van der Waals surface area contributed by atoms with Crippen LogP contribution in [0.2, 0.25) is 0 Å². The average Bonchev–Trinajstić information content (AvgIpc) is 2.89. The summed E-state index contributed by atoms with van der Waals surface area (Å²) in [5.41, 5.74) is 0.258. The van der Waals surface area contributed by atoms with Crippen LogP contribution in [-0.4, -0.2) is 42.0 Å². The highest BCUT2D eigenvalue weighted by Gasteiger charge is 2.14. The van der Waals surface area contributed by atoms with Crippen LogP contribution in [0, 0.1) is 0 Å². The number of amides is 2. The number of nitrogens with zero attached hydrogens (tertiary/aromatic N) is 1. The zero-order valence-electron chi connectivity index (χ0n) is 22.5. The van der Waals surface area contributed by atoms with Crippen LogP contribution in [0.25, 0.3) is 0 Å². The monoisotopic (exact) mass is 504 g/mol.